The molecule has 6 heteroatoms. The van der Waals surface area contributed by atoms with E-state index in [1.807, 2.05) is 97.1 Å². The number of hydrogen-bond acceptors (Lipinski definition) is 6. The molecule has 190 valence electrons. The van der Waals surface area contributed by atoms with Gasteiger partial charge in [0, 0.05) is 30.3 Å². The maximum Gasteiger partial charge on any atom is 0.345 e. The van der Waals surface area contributed by atoms with Gasteiger partial charge in [0.15, 0.2) is 0 Å². The van der Waals surface area contributed by atoms with Crippen molar-refractivity contribution in [3.63, 3.8) is 0 Å². The Bertz CT molecular complexity index is 2220. The summed E-state index contributed by atoms with van der Waals surface area (Å²) in [6.45, 7) is 0. The van der Waals surface area contributed by atoms with Crippen LogP contribution in [0.1, 0.15) is 0 Å². The van der Waals surface area contributed by atoms with Crippen LogP contribution in [0.2, 0.25) is 0 Å². The van der Waals surface area contributed by atoms with Gasteiger partial charge in [-0.2, -0.15) is 0 Å². The topological polar surface area (TPSA) is 60.4 Å². The lowest BCUT2D eigenvalue weighted by molar-refractivity contribution is 0.564. The molecule has 0 N–H and O–H groups in total. The van der Waals surface area contributed by atoms with E-state index in [0.29, 0.717) is 22.3 Å². The Labute approximate surface area is 235 Å². The lowest BCUT2D eigenvalue weighted by Crippen LogP contribution is -2.01. The monoisotopic (exact) mass is 554 g/mol. The molecule has 4 nitrogen and oxygen atoms in total. The summed E-state index contributed by atoms with van der Waals surface area (Å²) < 4.78 is 11.4. The quantitative estimate of drug-likeness (QED) is 0.161. The lowest BCUT2D eigenvalue weighted by Gasteiger charge is -2.04. The van der Waals surface area contributed by atoms with E-state index in [-0.39, 0.29) is 11.3 Å². The van der Waals surface area contributed by atoms with Gasteiger partial charge in [0.2, 0.25) is 0 Å². The average Bonchev–Trinajstić information content (AvgIpc) is 3.67. The van der Waals surface area contributed by atoms with Gasteiger partial charge in [0.1, 0.15) is 11.2 Å². The average molecular weight is 555 g/mol. The van der Waals surface area contributed by atoms with Crippen LogP contribution in [0, 0.1) is 0 Å². The smallest absolute Gasteiger partial charge is 0.345 e. The Hall–Kier alpha value is -4.78. The SMILES string of the molecule is O=c1oc2ccc3ccccc3c2cc1-c1ccc(-c2ccc(-c3cc4c(ccc5ccccc54)oc3=O)s2)s1. The number of rotatable bonds is 3. The Morgan fingerprint density at radius 1 is 0.425 bits per heavy atom. The first-order valence-corrected chi connectivity index (χ1v) is 14.4. The van der Waals surface area contributed by atoms with Gasteiger partial charge in [-0.05, 0) is 70.1 Å². The first-order valence-electron chi connectivity index (χ1n) is 12.7. The van der Waals surface area contributed by atoms with Crippen LogP contribution in [0.3, 0.4) is 0 Å². The third kappa shape index (κ3) is 3.65. The zero-order valence-corrected chi connectivity index (χ0v) is 22.5. The van der Waals surface area contributed by atoms with E-state index in [0.717, 1.165) is 51.8 Å². The molecule has 0 aliphatic heterocycles. The summed E-state index contributed by atoms with van der Waals surface area (Å²) in [4.78, 5) is 29.6. The molecule has 0 atom stereocenters. The lowest BCUT2D eigenvalue weighted by atomic mass is 10.0. The Kier molecular flexibility index (Phi) is 5.14. The van der Waals surface area contributed by atoms with Gasteiger partial charge in [-0.25, -0.2) is 9.59 Å². The van der Waals surface area contributed by atoms with E-state index in [2.05, 4.69) is 12.1 Å². The van der Waals surface area contributed by atoms with Crippen molar-refractivity contribution < 1.29 is 8.83 Å². The highest BCUT2D eigenvalue weighted by molar-refractivity contribution is 7.25. The summed E-state index contributed by atoms with van der Waals surface area (Å²) in [5.74, 6) is 0. The molecule has 4 heterocycles. The van der Waals surface area contributed by atoms with Crippen molar-refractivity contribution in [2.24, 2.45) is 0 Å². The molecule has 4 aromatic carbocycles. The van der Waals surface area contributed by atoms with Crippen molar-refractivity contribution in [1.29, 1.82) is 0 Å². The highest BCUT2D eigenvalue weighted by atomic mass is 32.1. The van der Waals surface area contributed by atoms with Crippen molar-refractivity contribution in [3.05, 3.63) is 130 Å². The molecule has 0 aliphatic rings. The predicted molar refractivity (Wildman–Crippen MR) is 166 cm³/mol. The van der Waals surface area contributed by atoms with Crippen molar-refractivity contribution in [3.8, 4) is 30.6 Å². The van der Waals surface area contributed by atoms with Gasteiger partial charge < -0.3 is 8.83 Å². The minimum Gasteiger partial charge on any atom is -0.422 e. The maximum absolute atomic E-state index is 12.9. The second kappa shape index (κ2) is 8.88. The molecule has 0 bridgehead atoms. The molecule has 8 rings (SSSR count). The molecule has 0 unspecified atom stereocenters. The molecule has 8 aromatic rings. The van der Waals surface area contributed by atoms with Crippen LogP contribution >= 0.6 is 22.7 Å². The highest BCUT2D eigenvalue weighted by Crippen LogP contribution is 2.40. The largest absolute Gasteiger partial charge is 0.422 e. The number of benzene rings is 4. The molecule has 4 aromatic heterocycles. The van der Waals surface area contributed by atoms with Crippen molar-refractivity contribution in [1.82, 2.24) is 0 Å². The first kappa shape index (κ1) is 23.1. The van der Waals surface area contributed by atoms with Gasteiger partial charge in [-0.1, -0.05) is 60.7 Å². The zero-order chi connectivity index (χ0) is 26.8. The summed E-state index contributed by atoms with van der Waals surface area (Å²) in [6, 6.07) is 35.6. The fourth-order valence-corrected chi connectivity index (χ4v) is 7.43. The third-order valence-corrected chi connectivity index (χ3v) is 9.70. The molecule has 0 amide bonds. The maximum atomic E-state index is 12.9. The summed E-state index contributed by atoms with van der Waals surface area (Å²) in [6.07, 6.45) is 0. The van der Waals surface area contributed by atoms with E-state index < -0.39 is 0 Å². The summed E-state index contributed by atoms with van der Waals surface area (Å²) >= 11 is 3.07. The molecule has 0 saturated heterocycles. The molecular weight excluding hydrogens is 537 g/mol. The second-order valence-electron chi connectivity index (χ2n) is 9.62. The first-order chi connectivity index (χ1) is 19.6. The summed E-state index contributed by atoms with van der Waals surface area (Å²) in [5.41, 5.74) is 1.52. The van der Waals surface area contributed by atoms with Crippen LogP contribution in [-0.2, 0) is 0 Å². The highest BCUT2D eigenvalue weighted by Gasteiger charge is 2.16. The second-order valence-corrected chi connectivity index (χ2v) is 11.8. The Morgan fingerprint density at radius 2 is 0.850 bits per heavy atom. The van der Waals surface area contributed by atoms with E-state index in [1.165, 1.54) is 22.7 Å². The summed E-state index contributed by atoms with van der Waals surface area (Å²) in [5, 5.41) is 6.12. The molecule has 0 spiro atoms. The van der Waals surface area contributed by atoms with Gasteiger partial charge >= 0.3 is 11.3 Å². The fourth-order valence-electron chi connectivity index (χ4n) is 5.32. The fraction of sp³-hybridized carbons (Fsp3) is 0. The molecule has 0 aliphatic carbocycles. The van der Waals surface area contributed by atoms with Gasteiger partial charge in [-0.3, -0.25) is 0 Å². The summed E-state index contributed by atoms with van der Waals surface area (Å²) in [7, 11) is 0. The molecule has 0 saturated carbocycles. The van der Waals surface area contributed by atoms with Gasteiger partial charge in [0.25, 0.3) is 0 Å². The van der Waals surface area contributed by atoms with E-state index in [9.17, 15) is 9.59 Å². The Morgan fingerprint density at radius 3 is 1.32 bits per heavy atom. The van der Waals surface area contributed by atoms with Gasteiger partial charge in [-0.15, -0.1) is 22.7 Å². The third-order valence-electron chi connectivity index (χ3n) is 7.27. The number of hydrogen-bond donors (Lipinski definition) is 0. The number of fused-ring (bicyclic) bond motifs is 6. The van der Waals surface area contributed by atoms with Crippen molar-refractivity contribution in [2.45, 2.75) is 0 Å². The minimum absolute atomic E-state index is 0.357. The molecule has 40 heavy (non-hydrogen) atoms. The van der Waals surface area contributed by atoms with E-state index in [4.69, 9.17) is 8.83 Å². The standard InChI is InChI=1S/C34H18O4S2/c35-33-25(17-23-21-7-3-1-5-19(21)9-11-27(23)37-33)29-13-15-31(39-29)32-16-14-30(40-32)26-18-24-22-8-4-2-6-20(22)10-12-28(24)38-34(26)36/h1-18H. The van der Waals surface area contributed by atoms with Crippen LogP contribution in [0.5, 0.6) is 0 Å². The molecule has 0 fully saturated rings. The van der Waals surface area contributed by atoms with Crippen LogP contribution in [0.15, 0.2) is 128 Å². The van der Waals surface area contributed by atoms with Crippen LogP contribution < -0.4 is 11.3 Å². The molecule has 0 radical (unpaired) electrons. The molecular formula is C34H18O4S2. The normalized spacial score (nSPS) is 11.7. The Balaban J connectivity index is 1.20. The van der Waals surface area contributed by atoms with Crippen LogP contribution in [0.25, 0.3) is 74.1 Å². The van der Waals surface area contributed by atoms with Gasteiger partial charge in [0.05, 0.1) is 11.1 Å². The van der Waals surface area contributed by atoms with Crippen LogP contribution in [0.4, 0.5) is 0 Å². The zero-order valence-electron chi connectivity index (χ0n) is 20.8. The van der Waals surface area contributed by atoms with E-state index in [1.54, 1.807) is 0 Å². The predicted octanol–water partition coefficient (Wildman–Crippen LogP) is 9.33. The van der Waals surface area contributed by atoms with Crippen LogP contribution in [-0.4, -0.2) is 0 Å². The minimum atomic E-state index is -0.357. The van der Waals surface area contributed by atoms with Crippen molar-refractivity contribution in [2.75, 3.05) is 0 Å². The number of thiophene rings is 2. The van der Waals surface area contributed by atoms with Crippen molar-refractivity contribution >= 4 is 66.2 Å². The van der Waals surface area contributed by atoms with E-state index >= 15 is 0 Å².